The molecule has 2 heterocycles. The van der Waals surface area contributed by atoms with Crippen molar-refractivity contribution in [2.75, 3.05) is 33.4 Å². The number of nitrogens with zero attached hydrogens (tertiary/aromatic N) is 1. The highest BCUT2D eigenvalue weighted by Crippen LogP contribution is 2.32. The van der Waals surface area contributed by atoms with E-state index in [-0.39, 0.29) is 0 Å². The van der Waals surface area contributed by atoms with Crippen LogP contribution in [0.5, 0.6) is 0 Å². The highest BCUT2D eigenvalue weighted by atomic mass is 16.5. The zero-order valence-corrected chi connectivity index (χ0v) is 8.09. The third-order valence-electron chi connectivity index (χ3n) is 3.73. The van der Waals surface area contributed by atoms with Gasteiger partial charge in [0.15, 0.2) is 0 Å². The zero-order valence-electron chi connectivity index (χ0n) is 8.09. The molecule has 0 N–H and O–H groups in total. The fourth-order valence-corrected chi connectivity index (χ4v) is 3.09. The molecular formula is C10H20NO+. The summed E-state index contributed by atoms with van der Waals surface area (Å²) in [6.07, 6.45) is 5.71. The van der Waals surface area contributed by atoms with Crippen molar-refractivity contribution in [1.29, 1.82) is 0 Å². The summed E-state index contributed by atoms with van der Waals surface area (Å²) < 4.78 is 6.69. The van der Waals surface area contributed by atoms with Gasteiger partial charge >= 0.3 is 0 Å². The topological polar surface area (TPSA) is 9.23 Å². The van der Waals surface area contributed by atoms with Crippen LogP contribution in [0.4, 0.5) is 0 Å². The van der Waals surface area contributed by atoms with Crippen LogP contribution >= 0.6 is 0 Å². The van der Waals surface area contributed by atoms with Crippen LogP contribution in [0.25, 0.3) is 0 Å². The van der Waals surface area contributed by atoms with E-state index in [1.165, 1.54) is 49.8 Å². The highest BCUT2D eigenvalue weighted by molar-refractivity contribution is 4.71. The van der Waals surface area contributed by atoms with Crippen molar-refractivity contribution in [3.05, 3.63) is 0 Å². The summed E-state index contributed by atoms with van der Waals surface area (Å²) in [5, 5.41) is 0. The van der Waals surface area contributed by atoms with Crippen molar-refractivity contribution in [2.24, 2.45) is 0 Å². The van der Waals surface area contributed by atoms with Crippen molar-refractivity contribution < 1.29 is 9.22 Å². The molecule has 2 rings (SSSR count). The van der Waals surface area contributed by atoms with E-state index in [4.69, 9.17) is 4.74 Å². The summed E-state index contributed by atoms with van der Waals surface area (Å²) in [6, 6.07) is 0.831. The standard InChI is InChI=1S/C10H20NO/c1-12-9-10-5-4-8-11(10)6-2-3-7-11/h10H,2-9H2,1H3/q+1. The summed E-state index contributed by atoms with van der Waals surface area (Å²) in [7, 11) is 1.84. The quantitative estimate of drug-likeness (QED) is 0.569. The Bertz CT molecular complexity index is 146. The van der Waals surface area contributed by atoms with Gasteiger partial charge in [-0.1, -0.05) is 0 Å². The molecule has 0 aromatic carbocycles. The molecule has 2 heteroatoms. The maximum atomic E-state index is 5.30. The van der Waals surface area contributed by atoms with Crippen LogP contribution in [0.2, 0.25) is 0 Å². The van der Waals surface area contributed by atoms with Crippen LogP contribution in [0.3, 0.4) is 0 Å². The van der Waals surface area contributed by atoms with Crippen molar-refractivity contribution in [1.82, 2.24) is 0 Å². The minimum absolute atomic E-state index is 0.831. The molecular weight excluding hydrogens is 150 g/mol. The van der Waals surface area contributed by atoms with Crippen LogP contribution in [-0.4, -0.2) is 43.9 Å². The lowest BCUT2D eigenvalue weighted by atomic mass is 10.2. The molecule has 2 aliphatic rings. The van der Waals surface area contributed by atoms with Gasteiger partial charge in [0.25, 0.3) is 0 Å². The molecule has 2 aliphatic heterocycles. The first-order valence-corrected chi connectivity index (χ1v) is 5.22. The summed E-state index contributed by atoms with van der Waals surface area (Å²) in [5.74, 6) is 0. The molecule has 0 aromatic rings. The first-order chi connectivity index (χ1) is 5.87. The van der Waals surface area contributed by atoms with E-state index in [0.29, 0.717) is 0 Å². The molecule has 0 aliphatic carbocycles. The molecule has 1 unspecified atom stereocenters. The second kappa shape index (κ2) is 3.35. The lowest BCUT2D eigenvalue weighted by molar-refractivity contribution is -0.928. The number of ether oxygens (including phenoxy) is 1. The van der Waals surface area contributed by atoms with Gasteiger partial charge in [0.05, 0.1) is 26.2 Å². The van der Waals surface area contributed by atoms with Gasteiger partial charge in [-0.15, -0.1) is 0 Å². The molecule has 2 saturated heterocycles. The van der Waals surface area contributed by atoms with Gasteiger partial charge < -0.3 is 9.22 Å². The van der Waals surface area contributed by atoms with Gasteiger partial charge in [-0.05, 0) is 0 Å². The molecule has 0 aromatic heterocycles. The van der Waals surface area contributed by atoms with Crippen molar-refractivity contribution in [2.45, 2.75) is 31.7 Å². The number of rotatable bonds is 2. The third-order valence-corrected chi connectivity index (χ3v) is 3.73. The first-order valence-electron chi connectivity index (χ1n) is 5.22. The van der Waals surface area contributed by atoms with Gasteiger partial charge in [0, 0.05) is 32.8 Å². The molecule has 0 radical (unpaired) electrons. The summed E-state index contributed by atoms with van der Waals surface area (Å²) in [6.45, 7) is 5.26. The molecule has 70 valence electrons. The SMILES string of the molecule is COCC1CCC[N+]12CCCC2. The van der Waals surface area contributed by atoms with E-state index in [0.717, 1.165) is 12.6 Å². The van der Waals surface area contributed by atoms with Gasteiger partial charge in [-0.25, -0.2) is 0 Å². The predicted molar refractivity (Wildman–Crippen MR) is 49.0 cm³/mol. The lowest BCUT2D eigenvalue weighted by Gasteiger charge is -2.35. The molecule has 1 spiro atoms. The lowest BCUT2D eigenvalue weighted by Crippen LogP contribution is -2.50. The fourth-order valence-electron chi connectivity index (χ4n) is 3.09. The molecule has 2 nitrogen and oxygen atoms in total. The van der Waals surface area contributed by atoms with E-state index < -0.39 is 0 Å². The Balaban J connectivity index is 2.01. The molecule has 12 heavy (non-hydrogen) atoms. The van der Waals surface area contributed by atoms with Gasteiger partial charge in [0.1, 0.15) is 6.04 Å². The smallest absolute Gasteiger partial charge is 0.113 e. The second-order valence-corrected chi connectivity index (χ2v) is 4.35. The molecule has 0 amide bonds. The molecule has 0 saturated carbocycles. The summed E-state index contributed by atoms with van der Waals surface area (Å²) in [5.41, 5.74) is 0. The van der Waals surface area contributed by atoms with Crippen molar-refractivity contribution in [3.8, 4) is 0 Å². The van der Waals surface area contributed by atoms with Crippen LogP contribution in [0, 0.1) is 0 Å². The fraction of sp³-hybridized carbons (Fsp3) is 1.00. The first kappa shape index (κ1) is 8.52. The van der Waals surface area contributed by atoms with Crippen LogP contribution in [-0.2, 0) is 4.74 Å². The van der Waals surface area contributed by atoms with Gasteiger partial charge in [0.2, 0.25) is 0 Å². The molecule has 2 fully saturated rings. The Morgan fingerprint density at radius 3 is 2.50 bits per heavy atom. The van der Waals surface area contributed by atoms with Crippen molar-refractivity contribution >= 4 is 0 Å². The van der Waals surface area contributed by atoms with E-state index in [9.17, 15) is 0 Å². The van der Waals surface area contributed by atoms with Crippen LogP contribution in [0.1, 0.15) is 25.7 Å². The Labute approximate surface area is 75.1 Å². The van der Waals surface area contributed by atoms with E-state index in [1.807, 2.05) is 7.11 Å². The maximum Gasteiger partial charge on any atom is 0.113 e. The Kier molecular flexibility index (Phi) is 2.37. The van der Waals surface area contributed by atoms with Crippen LogP contribution < -0.4 is 0 Å². The second-order valence-electron chi connectivity index (χ2n) is 4.35. The Morgan fingerprint density at radius 2 is 1.83 bits per heavy atom. The normalized spacial score (nSPS) is 33.2. The predicted octanol–water partition coefficient (Wildman–Crippen LogP) is 1.41. The number of hydrogen-bond acceptors (Lipinski definition) is 1. The monoisotopic (exact) mass is 170 g/mol. The Hall–Kier alpha value is -0.0800. The highest BCUT2D eigenvalue weighted by Gasteiger charge is 2.43. The molecule has 0 bridgehead atoms. The van der Waals surface area contributed by atoms with E-state index in [1.54, 1.807) is 0 Å². The maximum absolute atomic E-state index is 5.30. The number of quaternary nitrogens is 1. The summed E-state index contributed by atoms with van der Waals surface area (Å²) in [4.78, 5) is 0. The molecule has 1 atom stereocenters. The average molecular weight is 170 g/mol. The van der Waals surface area contributed by atoms with E-state index in [2.05, 4.69) is 0 Å². The minimum Gasteiger partial charge on any atom is -0.379 e. The Morgan fingerprint density at radius 1 is 1.17 bits per heavy atom. The average Bonchev–Trinajstić information content (AvgIpc) is 2.66. The van der Waals surface area contributed by atoms with Crippen molar-refractivity contribution in [3.63, 3.8) is 0 Å². The van der Waals surface area contributed by atoms with Crippen LogP contribution in [0.15, 0.2) is 0 Å². The number of methoxy groups -OCH3 is 1. The van der Waals surface area contributed by atoms with Gasteiger partial charge in [-0.3, -0.25) is 0 Å². The van der Waals surface area contributed by atoms with Gasteiger partial charge in [-0.2, -0.15) is 0 Å². The zero-order chi connectivity index (χ0) is 8.44. The largest absolute Gasteiger partial charge is 0.379 e. The third kappa shape index (κ3) is 1.27. The minimum atomic E-state index is 0.831. The number of hydrogen-bond donors (Lipinski definition) is 0. The van der Waals surface area contributed by atoms with E-state index >= 15 is 0 Å². The summed E-state index contributed by atoms with van der Waals surface area (Å²) >= 11 is 0.